The Balaban J connectivity index is 1.77. The smallest absolute Gasteiger partial charge is 0.327 e. The van der Waals surface area contributed by atoms with Gasteiger partial charge in [-0.2, -0.15) is 0 Å². The summed E-state index contributed by atoms with van der Waals surface area (Å²) in [7, 11) is 3.07. The molecule has 0 saturated carbocycles. The minimum absolute atomic E-state index is 0.0303. The Morgan fingerprint density at radius 3 is 2.26 bits per heavy atom. The summed E-state index contributed by atoms with van der Waals surface area (Å²) < 4.78 is 13.8. The van der Waals surface area contributed by atoms with Gasteiger partial charge in [0, 0.05) is 27.2 Å². The Kier molecular flexibility index (Phi) is 3.58. The highest BCUT2D eigenvalue weighted by Gasteiger charge is 2.55. The number of amides is 4. The van der Waals surface area contributed by atoms with E-state index < -0.39 is 11.4 Å². The Hall–Kier alpha value is -2.44. The van der Waals surface area contributed by atoms with Gasteiger partial charge in [0.05, 0.1) is 5.56 Å². The standard InChI is InChI=1S/C16H18FN3O3/c1-18-14(22)16(19(2)15(18)23)7-9-20(10-8-16)13(21)11-5-3-4-6-12(11)17/h3-6H,7-10H2,1-2H3. The van der Waals surface area contributed by atoms with Crippen molar-refractivity contribution in [2.24, 2.45) is 0 Å². The van der Waals surface area contributed by atoms with Crippen LogP contribution >= 0.6 is 0 Å². The molecule has 0 radical (unpaired) electrons. The molecule has 122 valence electrons. The predicted molar refractivity (Wildman–Crippen MR) is 80.2 cm³/mol. The molecule has 0 unspecified atom stereocenters. The number of nitrogens with zero attached hydrogens (tertiary/aromatic N) is 3. The van der Waals surface area contributed by atoms with Gasteiger partial charge in [-0.25, -0.2) is 9.18 Å². The van der Waals surface area contributed by atoms with Crippen LogP contribution in [0.4, 0.5) is 9.18 Å². The summed E-state index contributed by atoms with van der Waals surface area (Å²) in [4.78, 5) is 40.9. The number of urea groups is 1. The summed E-state index contributed by atoms with van der Waals surface area (Å²) in [5, 5.41) is 0. The number of benzene rings is 1. The van der Waals surface area contributed by atoms with Gasteiger partial charge in [0.15, 0.2) is 0 Å². The Labute approximate surface area is 133 Å². The first kappa shape index (κ1) is 15.5. The molecule has 0 atom stereocenters. The molecule has 2 fully saturated rings. The average molecular weight is 319 g/mol. The van der Waals surface area contributed by atoms with Crippen molar-refractivity contribution in [2.45, 2.75) is 18.4 Å². The molecule has 1 aromatic carbocycles. The fourth-order valence-corrected chi connectivity index (χ4v) is 3.38. The van der Waals surface area contributed by atoms with Crippen LogP contribution in [0.3, 0.4) is 0 Å². The van der Waals surface area contributed by atoms with E-state index in [4.69, 9.17) is 0 Å². The molecule has 4 amide bonds. The number of imide groups is 1. The second kappa shape index (κ2) is 5.33. The monoisotopic (exact) mass is 319 g/mol. The van der Waals surface area contributed by atoms with E-state index in [9.17, 15) is 18.8 Å². The third kappa shape index (κ3) is 2.18. The third-order valence-electron chi connectivity index (χ3n) is 4.90. The minimum Gasteiger partial charge on any atom is -0.338 e. The normalized spacial score (nSPS) is 20.6. The highest BCUT2D eigenvalue weighted by Crippen LogP contribution is 2.35. The van der Waals surface area contributed by atoms with E-state index in [1.54, 1.807) is 13.1 Å². The van der Waals surface area contributed by atoms with E-state index in [1.165, 1.54) is 35.0 Å². The van der Waals surface area contributed by atoms with E-state index in [1.807, 2.05) is 0 Å². The van der Waals surface area contributed by atoms with Crippen molar-refractivity contribution in [3.05, 3.63) is 35.6 Å². The van der Waals surface area contributed by atoms with Crippen molar-refractivity contribution in [3.63, 3.8) is 0 Å². The van der Waals surface area contributed by atoms with Crippen molar-refractivity contribution in [1.82, 2.24) is 14.7 Å². The van der Waals surface area contributed by atoms with Crippen LogP contribution in [0.25, 0.3) is 0 Å². The van der Waals surface area contributed by atoms with E-state index >= 15 is 0 Å². The lowest BCUT2D eigenvalue weighted by Gasteiger charge is -2.40. The predicted octanol–water partition coefficient (Wildman–Crippen LogP) is 1.32. The molecule has 2 aliphatic rings. The van der Waals surface area contributed by atoms with Crippen LogP contribution in [0.1, 0.15) is 23.2 Å². The van der Waals surface area contributed by atoms with Crippen LogP contribution in [0.5, 0.6) is 0 Å². The summed E-state index contributed by atoms with van der Waals surface area (Å²) in [6, 6.07) is 5.52. The molecule has 2 heterocycles. The first-order valence-corrected chi connectivity index (χ1v) is 7.48. The summed E-state index contributed by atoms with van der Waals surface area (Å²) in [5.41, 5.74) is -0.847. The number of hydrogen-bond acceptors (Lipinski definition) is 3. The second-order valence-corrected chi connectivity index (χ2v) is 6.01. The summed E-state index contributed by atoms with van der Waals surface area (Å²) in [6.45, 7) is 0.620. The molecular formula is C16H18FN3O3. The maximum atomic E-state index is 13.8. The Bertz CT molecular complexity index is 683. The number of likely N-dealkylation sites (N-methyl/N-ethyl adjacent to an activating group) is 2. The second-order valence-electron chi connectivity index (χ2n) is 6.01. The number of hydrogen-bond donors (Lipinski definition) is 0. The number of halogens is 1. The van der Waals surface area contributed by atoms with E-state index in [-0.39, 0.29) is 23.4 Å². The Morgan fingerprint density at radius 2 is 1.74 bits per heavy atom. The number of piperidine rings is 1. The van der Waals surface area contributed by atoms with E-state index in [2.05, 4.69) is 0 Å². The van der Waals surface area contributed by atoms with Gasteiger partial charge < -0.3 is 9.80 Å². The maximum Gasteiger partial charge on any atom is 0.327 e. The number of carbonyl (C=O) groups is 3. The molecule has 1 aromatic rings. The van der Waals surface area contributed by atoms with Gasteiger partial charge in [-0.05, 0) is 25.0 Å². The molecule has 2 aliphatic heterocycles. The van der Waals surface area contributed by atoms with Crippen LogP contribution in [0, 0.1) is 5.82 Å². The van der Waals surface area contributed by atoms with Crippen LogP contribution < -0.4 is 0 Å². The molecule has 1 spiro atoms. The zero-order chi connectivity index (χ0) is 16.8. The van der Waals surface area contributed by atoms with Crippen LogP contribution in [0.2, 0.25) is 0 Å². The minimum atomic E-state index is -0.877. The lowest BCUT2D eigenvalue weighted by molar-refractivity contribution is -0.134. The van der Waals surface area contributed by atoms with Crippen molar-refractivity contribution in [2.75, 3.05) is 27.2 Å². The summed E-state index contributed by atoms with van der Waals surface area (Å²) >= 11 is 0. The highest BCUT2D eigenvalue weighted by molar-refractivity contribution is 6.06. The van der Waals surface area contributed by atoms with Gasteiger partial charge in [0.1, 0.15) is 11.4 Å². The zero-order valence-corrected chi connectivity index (χ0v) is 13.1. The molecule has 3 rings (SSSR count). The Morgan fingerprint density at radius 1 is 1.13 bits per heavy atom. The SMILES string of the molecule is CN1C(=O)N(C)C2(CCN(C(=O)c3ccccc3F)CC2)C1=O. The van der Waals surface area contributed by atoms with Crippen molar-refractivity contribution >= 4 is 17.8 Å². The summed E-state index contributed by atoms with van der Waals surface area (Å²) in [5.74, 6) is -1.17. The van der Waals surface area contributed by atoms with Gasteiger partial charge in [0.25, 0.3) is 11.8 Å². The number of rotatable bonds is 1. The largest absolute Gasteiger partial charge is 0.338 e. The highest BCUT2D eigenvalue weighted by atomic mass is 19.1. The molecular weight excluding hydrogens is 301 g/mol. The van der Waals surface area contributed by atoms with Gasteiger partial charge in [-0.1, -0.05) is 12.1 Å². The fraction of sp³-hybridized carbons (Fsp3) is 0.438. The maximum absolute atomic E-state index is 13.8. The van der Waals surface area contributed by atoms with Gasteiger partial charge >= 0.3 is 6.03 Å². The van der Waals surface area contributed by atoms with Crippen molar-refractivity contribution < 1.29 is 18.8 Å². The lowest BCUT2D eigenvalue weighted by atomic mass is 9.86. The van der Waals surface area contributed by atoms with E-state index in [0.717, 1.165) is 4.90 Å². The molecule has 7 heteroatoms. The van der Waals surface area contributed by atoms with Crippen LogP contribution in [-0.4, -0.2) is 65.3 Å². The van der Waals surface area contributed by atoms with Crippen molar-refractivity contribution in [3.8, 4) is 0 Å². The van der Waals surface area contributed by atoms with Crippen molar-refractivity contribution in [1.29, 1.82) is 0 Å². The zero-order valence-electron chi connectivity index (χ0n) is 13.1. The first-order valence-electron chi connectivity index (χ1n) is 7.48. The molecule has 0 aliphatic carbocycles. The lowest BCUT2D eigenvalue weighted by Crippen LogP contribution is -2.56. The molecule has 0 N–H and O–H groups in total. The quantitative estimate of drug-likeness (QED) is 0.734. The van der Waals surface area contributed by atoms with Crippen LogP contribution in [-0.2, 0) is 4.79 Å². The van der Waals surface area contributed by atoms with E-state index in [0.29, 0.717) is 25.9 Å². The van der Waals surface area contributed by atoms with Crippen LogP contribution in [0.15, 0.2) is 24.3 Å². The topological polar surface area (TPSA) is 60.9 Å². The molecule has 6 nitrogen and oxygen atoms in total. The van der Waals surface area contributed by atoms with Gasteiger partial charge in [0.2, 0.25) is 0 Å². The molecule has 0 aromatic heterocycles. The molecule has 2 saturated heterocycles. The third-order valence-corrected chi connectivity index (χ3v) is 4.90. The fourth-order valence-electron chi connectivity index (χ4n) is 3.38. The summed E-state index contributed by atoms with van der Waals surface area (Å²) in [6.07, 6.45) is 0.719. The van der Waals surface area contributed by atoms with Gasteiger partial charge in [-0.3, -0.25) is 14.5 Å². The van der Waals surface area contributed by atoms with Gasteiger partial charge in [-0.15, -0.1) is 0 Å². The molecule has 0 bridgehead atoms. The average Bonchev–Trinajstić information content (AvgIpc) is 2.72. The number of likely N-dealkylation sites (tertiary alicyclic amines) is 1. The first-order chi connectivity index (χ1) is 10.9. The molecule has 23 heavy (non-hydrogen) atoms. The number of carbonyl (C=O) groups excluding carboxylic acids is 3.